The van der Waals surface area contributed by atoms with Gasteiger partial charge < -0.3 is 59.5 Å². The third-order valence-electron chi connectivity index (χ3n) is 12.8. The quantitative estimate of drug-likeness (QED) is 0.0464. The summed E-state index contributed by atoms with van der Waals surface area (Å²) in [7, 11) is 0. The molecule has 3 aromatic heterocycles. The number of nitrogen functional groups attached to an aromatic ring is 1. The first-order valence-corrected chi connectivity index (χ1v) is 26.0. The fourth-order valence-corrected chi connectivity index (χ4v) is 9.84. The molecule has 3 amide bonds. The van der Waals surface area contributed by atoms with Crippen molar-refractivity contribution in [2.75, 3.05) is 85.0 Å². The van der Waals surface area contributed by atoms with Gasteiger partial charge >= 0.3 is 0 Å². The van der Waals surface area contributed by atoms with Crippen molar-refractivity contribution >= 4 is 34.9 Å². The smallest absolute Gasteiger partial charge is 0.255 e. The van der Waals surface area contributed by atoms with Crippen molar-refractivity contribution < 1.29 is 53.0 Å². The van der Waals surface area contributed by atoms with Crippen LogP contribution in [-0.4, -0.2) is 160 Å². The standard InChI is InChI=1S/C54H65N9O11S/c1-35(2)49(63-32-39-8-4-5-9-42(39)53(63)67)54(68)62-33-41(64)27-46(62)52(66)56-29-38-13-12-37(50-36(3)57-34-75-50)26-48(38)74-25-24-73-23-22-72-21-20-71-19-18-70-17-16-69-15-14-61-31-40(30-58-61)44-28-45(59-60-51(44)55)43-10-6-7-11-47(43)65/h4-13,26,28,30-31,34-35,41,46,49,64-65H,14-25,27,29,32-33H2,1-3H3,(H2,55,60)(H,56,66)/t41?,46?,49-/m0/s1. The molecule has 398 valence electrons. The van der Waals surface area contributed by atoms with Gasteiger partial charge in [-0.1, -0.05) is 56.3 Å². The number of aliphatic hydroxyl groups excluding tert-OH is 1. The summed E-state index contributed by atoms with van der Waals surface area (Å²) < 4.78 is 36.4. The minimum absolute atomic E-state index is 0.00492. The van der Waals surface area contributed by atoms with Gasteiger partial charge in [0.1, 0.15) is 30.2 Å². The van der Waals surface area contributed by atoms with E-state index in [-0.39, 0.29) is 55.4 Å². The number of benzene rings is 3. The van der Waals surface area contributed by atoms with E-state index in [2.05, 4.69) is 25.6 Å². The molecule has 6 aromatic rings. The van der Waals surface area contributed by atoms with Crippen LogP contribution in [0.4, 0.5) is 5.82 Å². The van der Waals surface area contributed by atoms with Crippen LogP contribution < -0.4 is 15.8 Å². The summed E-state index contributed by atoms with van der Waals surface area (Å²) in [5, 5.41) is 36.6. The molecule has 5 heterocycles. The first-order chi connectivity index (χ1) is 36.5. The molecule has 2 aliphatic rings. The number of phenolic OH excluding ortho intramolecular Hbond substituents is 1. The molecule has 2 unspecified atom stereocenters. The lowest BCUT2D eigenvalue weighted by atomic mass is 10.0. The van der Waals surface area contributed by atoms with Gasteiger partial charge in [0.05, 0.1) is 107 Å². The van der Waals surface area contributed by atoms with Crippen LogP contribution in [0.25, 0.3) is 32.8 Å². The van der Waals surface area contributed by atoms with Crippen LogP contribution in [0.2, 0.25) is 0 Å². The summed E-state index contributed by atoms with van der Waals surface area (Å²) in [5.74, 6) is -0.274. The molecule has 0 radical (unpaired) electrons. The first kappa shape index (κ1) is 54.4. The second kappa shape index (κ2) is 26.6. The molecule has 3 atom stereocenters. The average Bonchev–Trinajstić information content (AvgIpc) is 4.23. The molecule has 0 saturated carbocycles. The van der Waals surface area contributed by atoms with Crippen molar-refractivity contribution in [3.63, 3.8) is 0 Å². The van der Waals surface area contributed by atoms with Crippen LogP contribution in [0, 0.1) is 12.8 Å². The van der Waals surface area contributed by atoms with Crippen molar-refractivity contribution in [1.29, 1.82) is 0 Å². The van der Waals surface area contributed by atoms with Crippen molar-refractivity contribution in [2.24, 2.45) is 5.92 Å². The third kappa shape index (κ3) is 14.1. The van der Waals surface area contributed by atoms with E-state index in [1.165, 1.54) is 16.2 Å². The van der Waals surface area contributed by atoms with Gasteiger partial charge in [0.2, 0.25) is 11.8 Å². The fourth-order valence-electron chi connectivity index (χ4n) is 9.04. The monoisotopic (exact) mass is 1050 g/mol. The molecule has 1 saturated heterocycles. The number of carbonyl (C=O) groups is 3. The Morgan fingerprint density at radius 2 is 1.49 bits per heavy atom. The number of aromatic nitrogens is 5. The number of ether oxygens (including phenoxy) is 6. The van der Waals surface area contributed by atoms with E-state index in [0.29, 0.717) is 107 Å². The fraction of sp³-hybridized carbons (Fsp3) is 0.426. The van der Waals surface area contributed by atoms with Gasteiger partial charge in [0, 0.05) is 60.1 Å². The normalized spacial score (nSPS) is 15.7. The van der Waals surface area contributed by atoms with Crippen LogP contribution in [-0.2, 0) is 52.9 Å². The molecule has 20 nitrogen and oxygen atoms in total. The summed E-state index contributed by atoms with van der Waals surface area (Å²) in [6.45, 7) is 10.8. The predicted molar refractivity (Wildman–Crippen MR) is 280 cm³/mol. The van der Waals surface area contributed by atoms with Crippen LogP contribution in [0.3, 0.4) is 0 Å². The highest BCUT2D eigenvalue weighted by Gasteiger charge is 2.46. The number of fused-ring (bicyclic) bond motifs is 1. The van der Waals surface area contributed by atoms with Crippen molar-refractivity contribution in [2.45, 2.75) is 65.0 Å². The van der Waals surface area contributed by atoms with Gasteiger partial charge in [-0.05, 0) is 54.3 Å². The van der Waals surface area contributed by atoms with Crippen LogP contribution >= 0.6 is 11.3 Å². The number of phenols is 1. The predicted octanol–water partition coefficient (Wildman–Crippen LogP) is 5.15. The number of thiazole rings is 1. The zero-order valence-corrected chi connectivity index (χ0v) is 43.3. The van der Waals surface area contributed by atoms with E-state index < -0.39 is 24.1 Å². The number of para-hydroxylation sites is 1. The number of β-amino-alcohol motifs (C(OH)–C–C–N with tert-alkyl or cyclic N) is 1. The Bertz CT molecular complexity index is 2860. The maximum Gasteiger partial charge on any atom is 0.255 e. The van der Waals surface area contributed by atoms with E-state index in [1.54, 1.807) is 57.7 Å². The number of nitrogens with one attached hydrogen (secondary N) is 1. The lowest BCUT2D eigenvalue weighted by Crippen LogP contribution is -2.55. The summed E-state index contributed by atoms with van der Waals surface area (Å²) in [6, 6.07) is 20.1. The Morgan fingerprint density at radius 1 is 0.827 bits per heavy atom. The summed E-state index contributed by atoms with van der Waals surface area (Å²) in [6.07, 6.45) is 2.76. The molecule has 5 N–H and O–H groups in total. The number of rotatable bonds is 28. The maximum atomic E-state index is 14.2. The van der Waals surface area contributed by atoms with E-state index in [9.17, 15) is 24.6 Å². The molecule has 1 fully saturated rings. The van der Waals surface area contributed by atoms with E-state index in [4.69, 9.17) is 34.2 Å². The van der Waals surface area contributed by atoms with Gasteiger partial charge in [0.25, 0.3) is 5.91 Å². The van der Waals surface area contributed by atoms with Crippen LogP contribution in [0.5, 0.6) is 11.5 Å². The largest absolute Gasteiger partial charge is 0.507 e. The van der Waals surface area contributed by atoms with Gasteiger partial charge in [-0.2, -0.15) is 5.10 Å². The Labute approximate surface area is 439 Å². The molecular weight excluding hydrogens is 983 g/mol. The highest BCUT2D eigenvalue weighted by atomic mass is 32.1. The lowest BCUT2D eigenvalue weighted by Gasteiger charge is -2.35. The van der Waals surface area contributed by atoms with E-state index in [0.717, 1.165) is 32.8 Å². The summed E-state index contributed by atoms with van der Waals surface area (Å²) in [4.78, 5) is 50.0. The molecule has 2 aliphatic heterocycles. The van der Waals surface area contributed by atoms with Gasteiger partial charge in [-0.15, -0.1) is 21.5 Å². The second-order valence-corrected chi connectivity index (χ2v) is 19.3. The SMILES string of the molecule is Cc1ncsc1-c1ccc(CNC(=O)C2CC(O)CN2C(=O)[C@H](C(C)C)N2Cc3ccccc3C2=O)c(OCCOCCOCCOCCOCCOCCn2cc(-c3cc(-c4ccccc4O)nnc3N)cn2)c1. The Hall–Kier alpha value is -6.85. The topological polar surface area (TPSA) is 248 Å². The molecule has 0 bridgehead atoms. The number of hydrogen-bond acceptors (Lipinski definition) is 17. The molecule has 3 aromatic carbocycles. The first-order valence-electron chi connectivity index (χ1n) is 25.1. The number of carbonyl (C=O) groups excluding carboxylic acids is 3. The number of anilines is 1. The summed E-state index contributed by atoms with van der Waals surface area (Å²) >= 11 is 1.52. The number of nitrogens with zero attached hydrogens (tertiary/aromatic N) is 7. The zero-order valence-electron chi connectivity index (χ0n) is 42.5. The lowest BCUT2D eigenvalue weighted by molar-refractivity contribution is -0.143. The van der Waals surface area contributed by atoms with Crippen molar-refractivity contribution in [3.8, 4) is 44.3 Å². The summed E-state index contributed by atoms with van der Waals surface area (Å²) in [5.41, 5.74) is 14.4. The second-order valence-electron chi connectivity index (χ2n) is 18.4. The zero-order chi connectivity index (χ0) is 52.7. The average molecular weight is 1050 g/mol. The number of likely N-dealkylation sites (tertiary alicyclic amines) is 1. The Balaban J connectivity index is 0.692. The minimum Gasteiger partial charge on any atom is -0.507 e. The highest BCUT2D eigenvalue weighted by Crippen LogP contribution is 2.35. The molecule has 0 aliphatic carbocycles. The van der Waals surface area contributed by atoms with Gasteiger partial charge in [-0.3, -0.25) is 19.1 Å². The minimum atomic E-state index is -0.915. The number of aliphatic hydroxyl groups is 1. The van der Waals surface area contributed by atoms with Crippen LogP contribution in [0.15, 0.2) is 90.7 Å². The van der Waals surface area contributed by atoms with E-state index in [1.807, 2.05) is 63.4 Å². The Kier molecular flexibility index (Phi) is 19.3. The van der Waals surface area contributed by atoms with Crippen molar-refractivity contribution in [1.82, 2.24) is 40.1 Å². The number of amides is 3. The van der Waals surface area contributed by atoms with Crippen LogP contribution in [0.1, 0.15) is 47.4 Å². The number of aryl methyl sites for hydroxylation is 1. The highest BCUT2D eigenvalue weighted by molar-refractivity contribution is 7.13. The number of hydrogen-bond donors (Lipinski definition) is 4. The Morgan fingerprint density at radius 3 is 2.16 bits per heavy atom. The van der Waals surface area contributed by atoms with Gasteiger partial charge in [-0.25, -0.2) is 4.98 Å². The maximum absolute atomic E-state index is 14.2. The van der Waals surface area contributed by atoms with Gasteiger partial charge in [0.15, 0.2) is 5.82 Å². The third-order valence-corrected chi connectivity index (χ3v) is 13.8. The molecule has 21 heteroatoms. The van der Waals surface area contributed by atoms with Crippen molar-refractivity contribution in [3.05, 3.63) is 113 Å². The molecule has 8 rings (SSSR count). The molecule has 75 heavy (non-hydrogen) atoms. The molecule has 0 spiro atoms. The number of aromatic hydroxyl groups is 1. The molecular formula is C54H65N9O11S. The van der Waals surface area contributed by atoms with E-state index >= 15 is 0 Å². The number of nitrogens with two attached hydrogens (primary N) is 1.